The summed E-state index contributed by atoms with van der Waals surface area (Å²) in [7, 11) is 0. The molecule has 0 aliphatic heterocycles. The molecule has 0 saturated heterocycles. The SMILES string of the molecule is CC(=O)Nc1c(C(=O)c2ccccc2)[nH]c2ccc(F)cc12. The van der Waals surface area contributed by atoms with Crippen LogP contribution < -0.4 is 5.32 Å². The summed E-state index contributed by atoms with van der Waals surface area (Å²) in [5, 5.41) is 3.08. The van der Waals surface area contributed by atoms with Crippen molar-refractivity contribution in [1.82, 2.24) is 4.98 Å². The molecule has 0 unspecified atom stereocenters. The van der Waals surface area contributed by atoms with Gasteiger partial charge < -0.3 is 10.3 Å². The lowest BCUT2D eigenvalue weighted by atomic mass is 10.1. The summed E-state index contributed by atoms with van der Waals surface area (Å²) in [4.78, 5) is 27.0. The van der Waals surface area contributed by atoms with E-state index in [9.17, 15) is 14.0 Å². The van der Waals surface area contributed by atoms with E-state index in [4.69, 9.17) is 0 Å². The number of aromatic amines is 1. The van der Waals surface area contributed by atoms with Crippen LogP contribution in [0.3, 0.4) is 0 Å². The first-order chi connectivity index (χ1) is 10.6. The van der Waals surface area contributed by atoms with Gasteiger partial charge in [-0.25, -0.2) is 4.39 Å². The van der Waals surface area contributed by atoms with Crippen LogP contribution in [0.5, 0.6) is 0 Å². The number of fused-ring (bicyclic) bond motifs is 1. The van der Waals surface area contributed by atoms with Crippen LogP contribution in [0, 0.1) is 5.82 Å². The quantitative estimate of drug-likeness (QED) is 0.727. The zero-order chi connectivity index (χ0) is 15.7. The third-order valence-corrected chi connectivity index (χ3v) is 3.32. The summed E-state index contributed by atoms with van der Waals surface area (Å²) in [5.74, 6) is -1.02. The molecular formula is C17H13FN2O2. The highest BCUT2D eigenvalue weighted by molar-refractivity contribution is 6.18. The Hall–Kier alpha value is -2.95. The van der Waals surface area contributed by atoms with Crippen molar-refractivity contribution < 1.29 is 14.0 Å². The monoisotopic (exact) mass is 296 g/mol. The molecule has 1 heterocycles. The lowest BCUT2D eigenvalue weighted by Crippen LogP contribution is -2.11. The second-order valence-electron chi connectivity index (χ2n) is 4.94. The number of benzene rings is 2. The van der Waals surface area contributed by atoms with Gasteiger partial charge in [-0.05, 0) is 18.2 Å². The fraction of sp³-hybridized carbons (Fsp3) is 0.0588. The predicted octanol–water partition coefficient (Wildman–Crippen LogP) is 3.50. The van der Waals surface area contributed by atoms with Gasteiger partial charge in [-0.1, -0.05) is 30.3 Å². The Kier molecular flexibility index (Phi) is 3.47. The van der Waals surface area contributed by atoms with Crippen LogP contribution in [0.15, 0.2) is 48.5 Å². The van der Waals surface area contributed by atoms with Crippen LogP contribution in [0.2, 0.25) is 0 Å². The van der Waals surface area contributed by atoms with Crippen LogP contribution in [0.4, 0.5) is 10.1 Å². The van der Waals surface area contributed by atoms with Gasteiger partial charge in [0.2, 0.25) is 11.7 Å². The van der Waals surface area contributed by atoms with Crippen LogP contribution in [0.1, 0.15) is 23.0 Å². The highest BCUT2D eigenvalue weighted by Crippen LogP contribution is 2.30. The Bertz CT molecular complexity index is 869. The molecule has 0 bridgehead atoms. The van der Waals surface area contributed by atoms with Crippen LogP contribution in [-0.2, 0) is 4.79 Å². The smallest absolute Gasteiger partial charge is 0.221 e. The number of aromatic nitrogens is 1. The zero-order valence-corrected chi connectivity index (χ0v) is 11.8. The van der Waals surface area contributed by atoms with Crippen molar-refractivity contribution in [3.8, 4) is 0 Å². The molecule has 3 rings (SSSR count). The molecule has 0 fully saturated rings. The Morgan fingerprint density at radius 2 is 1.82 bits per heavy atom. The Labute approximate surface area is 126 Å². The average molecular weight is 296 g/mol. The number of anilines is 1. The predicted molar refractivity (Wildman–Crippen MR) is 82.4 cm³/mol. The van der Waals surface area contributed by atoms with E-state index in [0.717, 1.165) is 0 Å². The van der Waals surface area contributed by atoms with E-state index < -0.39 is 5.82 Å². The summed E-state index contributed by atoms with van der Waals surface area (Å²) < 4.78 is 13.5. The lowest BCUT2D eigenvalue weighted by Gasteiger charge is -2.05. The summed E-state index contributed by atoms with van der Waals surface area (Å²) in [6.45, 7) is 1.34. The molecule has 2 N–H and O–H groups in total. The van der Waals surface area contributed by atoms with Crippen molar-refractivity contribution >= 4 is 28.3 Å². The van der Waals surface area contributed by atoms with Crippen molar-refractivity contribution in [2.45, 2.75) is 6.92 Å². The number of halogens is 1. The first-order valence-corrected chi connectivity index (χ1v) is 6.75. The first-order valence-electron chi connectivity index (χ1n) is 6.75. The summed E-state index contributed by atoms with van der Waals surface area (Å²) in [5.41, 5.74) is 1.61. The molecule has 0 aliphatic rings. The Balaban J connectivity index is 2.20. The molecule has 0 spiro atoms. The molecule has 1 amide bonds. The first kappa shape index (κ1) is 14.0. The maximum Gasteiger partial charge on any atom is 0.221 e. The average Bonchev–Trinajstić information content (AvgIpc) is 2.85. The maximum atomic E-state index is 13.5. The van der Waals surface area contributed by atoms with Gasteiger partial charge in [0.25, 0.3) is 0 Å². The molecule has 4 nitrogen and oxygen atoms in total. The number of hydrogen-bond donors (Lipinski definition) is 2. The Morgan fingerprint density at radius 3 is 2.50 bits per heavy atom. The summed E-state index contributed by atoms with van der Waals surface area (Å²) in [6.07, 6.45) is 0. The third-order valence-electron chi connectivity index (χ3n) is 3.32. The molecule has 5 heteroatoms. The second kappa shape index (κ2) is 5.44. The van der Waals surface area contributed by atoms with Gasteiger partial charge in [0.15, 0.2) is 0 Å². The second-order valence-corrected chi connectivity index (χ2v) is 4.94. The van der Waals surface area contributed by atoms with Crippen LogP contribution in [-0.4, -0.2) is 16.7 Å². The number of rotatable bonds is 3. The fourth-order valence-corrected chi connectivity index (χ4v) is 2.37. The minimum absolute atomic E-state index is 0.238. The largest absolute Gasteiger partial charge is 0.350 e. The number of hydrogen-bond acceptors (Lipinski definition) is 2. The molecule has 0 radical (unpaired) electrons. The van der Waals surface area contributed by atoms with E-state index in [1.165, 1.54) is 25.1 Å². The molecule has 0 aliphatic carbocycles. The molecule has 0 saturated carbocycles. The molecule has 0 atom stereocenters. The van der Waals surface area contributed by atoms with Crippen molar-refractivity contribution in [3.63, 3.8) is 0 Å². The minimum atomic E-state index is -0.434. The van der Waals surface area contributed by atoms with E-state index in [-0.39, 0.29) is 17.4 Å². The van der Waals surface area contributed by atoms with Gasteiger partial charge in [-0.3, -0.25) is 9.59 Å². The number of ketones is 1. The van der Waals surface area contributed by atoms with Gasteiger partial charge in [-0.2, -0.15) is 0 Å². The van der Waals surface area contributed by atoms with Crippen LogP contribution in [0.25, 0.3) is 10.9 Å². The van der Waals surface area contributed by atoms with Crippen LogP contribution >= 0.6 is 0 Å². The minimum Gasteiger partial charge on any atom is -0.350 e. The summed E-state index contributed by atoms with van der Waals surface area (Å²) >= 11 is 0. The standard InChI is InChI=1S/C17H13FN2O2/c1-10(21)19-15-13-9-12(18)7-8-14(13)20-16(15)17(22)11-5-3-2-4-6-11/h2-9,20H,1H3,(H,19,21). The van der Waals surface area contributed by atoms with E-state index in [0.29, 0.717) is 22.2 Å². The van der Waals surface area contributed by atoms with Crippen molar-refractivity contribution in [1.29, 1.82) is 0 Å². The zero-order valence-electron chi connectivity index (χ0n) is 11.8. The van der Waals surface area contributed by atoms with Gasteiger partial charge in [0, 0.05) is 23.4 Å². The molecule has 1 aromatic heterocycles. The Morgan fingerprint density at radius 1 is 1.09 bits per heavy atom. The molecule has 22 heavy (non-hydrogen) atoms. The van der Waals surface area contributed by atoms with E-state index >= 15 is 0 Å². The van der Waals surface area contributed by atoms with Gasteiger partial charge in [0.05, 0.1) is 5.69 Å². The highest BCUT2D eigenvalue weighted by Gasteiger charge is 2.20. The van der Waals surface area contributed by atoms with E-state index in [2.05, 4.69) is 10.3 Å². The third kappa shape index (κ3) is 2.48. The van der Waals surface area contributed by atoms with Crippen molar-refractivity contribution in [2.24, 2.45) is 0 Å². The van der Waals surface area contributed by atoms with E-state index in [1.807, 2.05) is 6.07 Å². The van der Waals surface area contributed by atoms with Gasteiger partial charge in [0.1, 0.15) is 11.5 Å². The molecular weight excluding hydrogens is 283 g/mol. The number of nitrogens with one attached hydrogen (secondary N) is 2. The molecule has 110 valence electrons. The van der Waals surface area contributed by atoms with Gasteiger partial charge >= 0.3 is 0 Å². The summed E-state index contributed by atoms with van der Waals surface area (Å²) in [6, 6.07) is 12.8. The molecule has 2 aromatic carbocycles. The number of carbonyl (C=O) groups is 2. The molecule has 3 aromatic rings. The van der Waals surface area contributed by atoms with Gasteiger partial charge in [-0.15, -0.1) is 0 Å². The number of amides is 1. The lowest BCUT2D eigenvalue weighted by molar-refractivity contribution is -0.114. The topological polar surface area (TPSA) is 62.0 Å². The normalized spacial score (nSPS) is 10.6. The van der Waals surface area contributed by atoms with Crippen molar-refractivity contribution in [2.75, 3.05) is 5.32 Å². The van der Waals surface area contributed by atoms with Crippen molar-refractivity contribution in [3.05, 3.63) is 65.6 Å². The highest BCUT2D eigenvalue weighted by atomic mass is 19.1. The van der Waals surface area contributed by atoms with E-state index in [1.54, 1.807) is 24.3 Å². The fourth-order valence-electron chi connectivity index (χ4n) is 2.37. The number of H-pyrrole nitrogens is 1. The maximum absolute atomic E-state index is 13.5. The number of carbonyl (C=O) groups excluding carboxylic acids is 2.